The Labute approximate surface area is 131 Å². The van der Waals surface area contributed by atoms with Crippen molar-refractivity contribution >= 4 is 21.5 Å². The molecule has 1 unspecified atom stereocenters. The molecule has 0 aliphatic rings. The first-order chi connectivity index (χ1) is 10.3. The Morgan fingerprint density at radius 1 is 1.00 bits per heavy atom. The molecule has 0 saturated carbocycles. The fraction of sp³-hybridized carbons (Fsp3) is 0.235. The summed E-state index contributed by atoms with van der Waals surface area (Å²) in [5.41, 5.74) is 1.51. The predicted molar refractivity (Wildman–Crippen MR) is 87.4 cm³/mol. The lowest BCUT2D eigenvalue weighted by Gasteiger charge is -2.29. The van der Waals surface area contributed by atoms with Crippen LogP contribution in [0.15, 0.2) is 59.5 Å². The standard InChI is InChI=1S/C17H19NO3S/c1-13-9-11-16(12-10-13)18(14(2)15(3)19)22(20,21)17-7-5-4-6-8-17/h4-12,14H,1-3H3. The summed E-state index contributed by atoms with van der Waals surface area (Å²) in [4.78, 5) is 12.0. The Balaban J connectivity index is 2.59. The summed E-state index contributed by atoms with van der Waals surface area (Å²) in [6.45, 7) is 4.92. The molecule has 0 aromatic heterocycles. The quantitative estimate of drug-likeness (QED) is 0.851. The zero-order valence-corrected chi connectivity index (χ0v) is 13.7. The molecule has 1 atom stereocenters. The van der Waals surface area contributed by atoms with Crippen LogP contribution in [0.1, 0.15) is 19.4 Å². The van der Waals surface area contributed by atoms with Crippen LogP contribution >= 0.6 is 0 Å². The van der Waals surface area contributed by atoms with E-state index in [0.717, 1.165) is 5.56 Å². The Morgan fingerprint density at radius 2 is 1.55 bits per heavy atom. The van der Waals surface area contributed by atoms with Gasteiger partial charge in [-0.15, -0.1) is 0 Å². The fourth-order valence-electron chi connectivity index (χ4n) is 2.13. The minimum atomic E-state index is -3.80. The molecule has 0 N–H and O–H groups in total. The number of Topliss-reactive ketones (excluding diaryl/α,β-unsaturated/α-hetero) is 1. The minimum absolute atomic E-state index is 0.170. The Kier molecular flexibility index (Phi) is 4.66. The van der Waals surface area contributed by atoms with Gasteiger partial charge in [0, 0.05) is 0 Å². The van der Waals surface area contributed by atoms with E-state index in [0.29, 0.717) is 5.69 Å². The molecule has 0 spiro atoms. The van der Waals surface area contributed by atoms with E-state index >= 15 is 0 Å². The molecule has 0 aliphatic carbocycles. The van der Waals surface area contributed by atoms with Crippen LogP contribution in [0, 0.1) is 6.92 Å². The van der Waals surface area contributed by atoms with Crippen molar-refractivity contribution in [1.29, 1.82) is 0 Å². The molecule has 22 heavy (non-hydrogen) atoms. The summed E-state index contributed by atoms with van der Waals surface area (Å²) in [7, 11) is -3.80. The number of aryl methyl sites for hydroxylation is 1. The summed E-state index contributed by atoms with van der Waals surface area (Å²) in [5.74, 6) is -0.208. The van der Waals surface area contributed by atoms with E-state index < -0.39 is 16.1 Å². The molecule has 0 saturated heterocycles. The van der Waals surface area contributed by atoms with Gasteiger partial charge in [-0.05, 0) is 45.0 Å². The highest BCUT2D eigenvalue weighted by molar-refractivity contribution is 7.92. The van der Waals surface area contributed by atoms with E-state index in [2.05, 4.69) is 0 Å². The van der Waals surface area contributed by atoms with Crippen LogP contribution in [-0.2, 0) is 14.8 Å². The van der Waals surface area contributed by atoms with Gasteiger partial charge in [-0.2, -0.15) is 0 Å². The topological polar surface area (TPSA) is 54.5 Å². The minimum Gasteiger partial charge on any atom is -0.298 e. The largest absolute Gasteiger partial charge is 0.298 e. The van der Waals surface area contributed by atoms with Crippen LogP contribution in [0.5, 0.6) is 0 Å². The second-order valence-corrected chi connectivity index (χ2v) is 7.05. The van der Waals surface area contributed by atoms with E-state index in [1.807, 2.05) is 19.1 Å². The first kappa shape index (κ1) is 16.2. The normalized spacial score (nSPS) is 12.7. The average molecular weight is 317 g/mol. The smallest absolute Gasteiger partial charge is 0.264 e. The number of rotatable bonds is 5. The maximum Gasteiger partial charge on any atom is 0.264 e. The number of benzene rings is 2. The molecule has 4 nitrogen and oxygen atoms in total. The van der Waals surface area contributed by atoms with Crippen molar-refractivity contribution in [3.8, 4) is 0 Å². The molecule has 2 rings (SSSR count). The van der Waals surface area contributed by atoms with Gasteiger partial charge in [0.05, 0.1) is 10.6 Å². The first-order valence-electron chi connectivity index (χ1n) is 7.00. The number of hydrogen-bond acceptors (Lipinski definition) is 3. The number of hydrogen-bond donors (Lipinski definition) is 0. The van der Waals surface area contributed by atoms with Crippen molar-refractivity contribution in [2.24, 2.45) is 0 Å². The van der Waals surface area contributed by atoms with Crippen molar-refractivity contribution in [2.45, 2.75) is 31.7 Å². The van der Waals surface area contributed by atoms with Crippen molar-refractivity contribution < 1.29 is 13.2 Å². The maximum atomic E-state index is 12.9. The highest BCUT2D eigenvalue weighted by Crippen LogP contribution is 2.26. The third-order valence-corrected chi connectivity index (χ3v) is 5.44. The van der Waals surface area contributed by atoms with Gasteiger partial charge in [-0.3, -0.25) is 9.10 Å². The van der Waals surface area contributed by atoms with Crippen LogP contribution in [0.3, 0.4) is 0 Å². The van der Waals surface area contributed by atoms with Gasteiger partial charge in [0.2, 0.25) is 0 Å². The zero-order chi connectivity index (χ0) is 16.3. The van der Waals surface area contributed by atoms with Gasteiger partial charge >= 0.3 is 0 Å². The fourth-order valence-corrected chi connectivity index (χ4v) is 3.83. The number of anilines is 1. The summed E-state index contributed by atoms with van der Waals surface area (Å²) in [5, 5.41) is 0. The number of ketones is 1. The first-order valence-corrected chi connectivity index (χ1v) is 8.44. The predicted octanol–water partition coefficient (Wildman–Crippen LogP) is 3.17. The van der Waals surface area contributed by atoms with Crippen molar-refractivity contribution in [3.05, 3.63) is 60.2 Å². The van der Waals surface area contributed by atoms with Crippen LogP contribution in [0.25, 0.3) is 0 Å². The van der Waals surface area contributed by atoms with Crippen LogP contribution in [0.2, 0.25) is 0 Å². The van der Waals surface area contributed by atoms with Gasteiger partial charge in [-0.1, -0.05) is 35.9 Å². The molecular formula is C17H19NO3S. The second kappa shape index (κ2) is 6.32. The molecule has 2 aromatic rings. The molecular weight excluding hydrogens is 298 g/mol. The summed E-state index contributed by atoms with van der Waals surface area (Å²) < 4.78 is 27.1. The van der Waals surface area contributed by atoms with Crippen molar-refractivity contribution in [3.63, 3.8) is 0 Å². The summed E-state index contributed by atoms with van der Waals surface area (Å²) in [6, 6.07) is 14.5. The van der Waals surface area contributed by atoms with E-state index in [-0.39, 0.29) is 10.7 Å². The number of carbonyl (C=O) groups excluding carboxylic acids is 1. The van der Waals surface area contributed by atoms with Crippen molar-refractivity contribution in [2.75, 3.05) is 4.31 Å². The van der Waals surface area contributed by atoms with Gasteiger partial charge in [0.25, 0.3) is 10.0 Å². The maximum absolute atomic E-state index is 12.9. The molecule has 0 heterocycles. The van der Waals surface area contributed by atoms with Gasteiger partial charge in [-0.25, -0.2) is 8.42 Å². The molecule has 0 aliphatic heterocycles. The summed E-state index contributed by atoms with van der Waals surface area (Å²) >= 11 is 0. The second-order valence-electron chi connectivity index (χ2n) is 5.24. The van der Waals surface area contributed by atoms with Crippen LogP contribution in [-0.4, -0.2) is 20.2 Å². The Morgan fingerprint density at radius 3 is 2.05 bits per heavy atom. The van der Waals surface area contributed by atoms with E-state index in [1.54, 1.807) is 37.3 Å². The van der Waals surface area contributed by atoms with Gasteiger partial charge in [0.15, 0.2) is 5.78 Å². The van der Waals surface area contributed by atoms with Crippen molar-refractivity contribution in [1.82, 2.24) is 0 Å². The van der Waals surface area contributed by atoms with E-state index in [4.69, 9.17) is 0 Å². The molecule has 5 heteroatoms. The number of sulfonamides is 1. The Bertz CT molecular complexity index is 752. The monoisotopic (exact) mass is 317 g/mol. The van der Waals surface area contributed by atoms with Crippen LogP contribution < -0.4 is 4.31 Å². The SMILES string of the molecule is CC(=O)C(C)N(c1ccc(C)cc1)S(=O)(=O)c1ccccc1. The molecule has 2 aromatic carbocycles. The number of nitrogens with zero attached hydrogens (tertiary/aromatic N) is 1. The van der Waals surface area contributed by atoms with E-state index in [9.17, 15) is 13.2 Å². The third kappa shape index (κ3) is 3.20. The van der Waals surface area contributed by atoms with E-state index in [1.165, 1.54) is 23.4 Å². The lowest BCUT2D eigenvalue weighted by Crippen LogP contribution is -2.42. The lowest BCUT2D eigenvalue weighted by atomic mass is 10.2. The average Bonchev–Trinajstić information content (AvgIpc) is 2.50. The Hall–Kier alpha value is -2.14. The zero-order valence-electron chi connectivity index (χ0n) is 12.9. The summed E-state index contributed by atoms with van der Waals surface area (Å²) in [6.07, 6.45) is 0. The highest BCUT2D eigenvalue weighted by atomic mass is 32.2. The lowest BCUT2D eigenvalue weighted by molar-refractivity contribution is -0.117. The molecule has 0 amide bonds. The van der Waals surface area contributed by atoms with Crippen LogP contribution in [0.4, 0.5) is 5.69 Å². The van der Waals surface area contributed by atoms with Gasteiger partial charge in [0.1, 0.15) is 6.04 Å². The molecule has 0 fully saturated rings. The molecule has 116 valence electrons. The highest BCUT2D eigenvalue weighted by Gasteiger charge is 2.31. The molecule has 0 bridgehead atoms. The van der Waals surface area contributed by atoms with Gasteiger partial charge < -0.3 is 0 Å². The number of carbonyl (C=O) groups is 1. The molecule has 0 radical (unpaired) electrons. The third-order valence-electron chi connectivity index (χ3n) is 3.53.